The lowest BCUT2D eigenvalue weighted by Crippen LogP contribution is -2.31. The summed E-state index contributed by atoms with van der Waals surface area (Å²) in [6, 6.07) is 2.81. The molecule has 0 heterocycles. The molecular formula is C10H16N4O4. The van der Waals surface area contributed by atoms with Gasteiger partial charge in [-0.15, -0.1) is 0 Å². The average molecular weight is 256 g/mol. The van der Waals surface area contributed by atoms with Gasteiger partial charge in [0.05, 0.1) is 23.8 Å². The Kier molecular flexibility index (Phi) is 4.69. The van der Waals surface area contributed by atoms with Crippen molar-refractivity contribution in [3.63, 3.8) is 0 Å². The van der Waals surface area contributed by atoms with E-state index in [0.29, 0.717) is 0 Å². The molecule has 8 nitrogen and oxygen atoms in total. The Bertz CT molecular complexity index is 432. The summed E-state index contributed by atoms with van der Waals surface area (Å²) in [5, 5.41) is 28.9. The largest absolute Gasteiger partial charge is 0.397 e. The zero-order valence-corrected chi connectivity index (χ0v) is 9.74. The minimum atomic E-state index is -0.622. The minimum absolute atomic E-state index is 0.00919. The van der Waals surface area contributed by atoms with Crippen molar-refractivity contribution in [3.8, 4) is 0 Å². The molecule has 0 aliphatic heterocycles. The first-order valence-corrected chi connectivity index (χ1v) is 5.32. The molecule has 0 atom stereocenters. The van der Waals surface area contributed by atoms with E-state index in [4.69, 9.17) is 21.7 Å². The van der Waals surface area contributed by atoms with Gasteiger partial charge in [-0.2, -0.15) is 0 Å². The third kappa shape index (κ3) is 2.79. The van der Waals surface area contributed by atoms with Crippen LogP contribution in [-0.4, -0.2) is 41.4 Å². The van der Waals surface area contributed by atoms with Crippen LogP contribution in [0, 0.1) is 10.1 Å². The van der Waals surface area contributed by atoms with Crippen LogP contribution in [0.25, 0.3) is 0 Å². The van der Waals surface area contributed by atoms with Gasteiger partial charge in [-0.1, -0.05) is 0 Å². The number of nitro groups is 1. The van der Waals surface area contributed by atoms with Gasteiger partial charge < -0.3 is 26.6 Å². The Morgan fingerprint density at radius 2 is 1.67 bits per heavy atom. The lowest BCUT2D eigenvalue weighted by molar-refractivity contribution is -0.383. The van der Waals surface area contributed by atoms with Crippen LogP contribution >= 0.6 is 0 Å². The number of aliphatic hydroxyl groups excluding tert-OH is 2. The van der Waals surface area contributed by atoms with Crippen LogP contribution in [-0.2, 0) is 0 Å². The van der Waals surface area contributed by atoms with Gasteiger partial charge in [0.2, 0.25) is 0 Å². The van der Waals surface area contributed by atoms with Crippen molar-refractivity contribution in [2.45, 2.75) is 0 Å². The molecule has 0 saturated carbocycles. The number of nitrogens with two attached hydrogens (primary N) is 2. The van der Waals surface area contributed by atoms with E-state index in [2.05, 4.69) is 0 Å². The van der Waals surface area contributed by atoms with Gasteiger partial charge in [-0.05, 0) is 12.1 Å². The first-order chi connectivity index (χ1) is 8.52. The van der Waals surface area contributed by atoms with Gasteiger partial charge in [-0.3, -0.25) is 10.1 Å². The quantitative estimate of drug-likeness (QED) is 0.307. The van der Waals surface area contributed by atoms with Crippen molar-refractivity contribution in [3.05, 3.63) is 22.2 Å². The van der Waals surface area contributed by atoms with Crippen LogP contribution in [0.2, 0.25) is 0 Å². The van der Waals surface area contributed by atoms with Crippen LogP contribution in [0.5, 0.6) is 0 Å². The van der Waals surface area contributed by atoms with Crippen molar-refractivity contribution in [2.24, 2.45) is 0 Å². The third-order valence-corrected chi connectivity index (χ3v) is 2.45. The number of hydrogen-bond donors (Lipinski definition) is 4. The van der Waals surface area contributed by atoms with E-state index in [0.717, 1.165) is 0 Å². The number of rotatable bonds is 6. The molecule has 0 radical (unpaired) electrons. The maximum absolute atomic E-state index is 11.0. The third-order valence-electron chi connectivity index (χ3n) is 2.45. The maximum Gasteiger partial charge on any atom is 0.317 e. The second kappa shape index (κ2) is 6.03. The fourth-order valence-corrected chi connectivity index (χ4v) is 1.71. The predicted molar refractivity (Wildman–Crippen MR) is 68.3 cm³/mol. The number of anilines is 3. The van der Waals surface area contributed by atoms with E-state index in [1.807, 2.05) is 0 Å². The Hall–Kier alpha value is -2.06. The van der Waals surface area contributed by atoms with E-state index < -0.39 is 4.92 Å². The summed E-state index contributed by atoms with van der Waals surface area (Å²) in [7, 11) is 0. The molecular weight excluding hydrogens is 240 g/mol. The highest BCUT2D eigenvalue weighted by Crippen LogP contribution is 2.38. The number of benzene rings is 1. The molecule has 1 rings (SSSR count). The van der Waals surface area contributed by atoms with Crippen molar-refractivity contribution in [1.82, 2.24) is 0 Å². The second-order valence-electron chi connectivity index (χ2n) is 3.63. The van der Waals surface area contributed by atoms with E-state index >= 15 is 0 Å². The van der Waals surface area contributed by atoms with Crippen molar-refractivity contribution in [2.75, 3.05) is 42.7 Å². The monoisotopic (exact) mass is 256 g/mol. The highest BCUT2D eigenvalue weighted by atomic mass is 16.6. The summed E-state index contributed by atoms with van der Waals surface area (Å²) >= 11 is 0. The number of nitrogens with zero attached hydrogens (tertiary/aromatic N) is 2. The van der Waals surface area contributed by atoms with Crippen LogP contribution in [0.4, 0.5) is 22.7 Å². The summed E-state index contributed by atoms with van der Waals surface area (Å²) < 4.78 is 0. The fourth-order valence-electron chi connectivity index (χ4n) is 1.71. The van der Waals surface area contributed by atoms with Crippen LogP contribution < -0.4 is 16.4 Å². The van der Waals surface area contributed by atoms with Crippen LogP contribution in [0.1, 0.15) is 0 Å². The number of nitrogen functional groups attached to an aromatic ring is 2. The normalized spacial score (nSPS) is 10.3. The number of nitro benzene ring substituents is 1. The molecule has 0 amide bonds. The van der Waals surface area contributed by atoms with Crippen molar-refractivity contribution >= 4 is 22.7 Å². The van der Waals surface area contributed by atoms with Gasteiger partial charge >= 0.3 is 5.69 Å². The molecule has 0 aromatic heterocycles. The molecule has 0 fully saturated rings. The maximum atomic E-state index is 11.0. The molecule has 0 bridgehead atoms. The molecule has 8 heteroatoms. The summed E-state index contributed by atoms with van der Waals surface area (Å²) in [5.74, 6) is 0. The summed E-state index contributed by atoms with van der Waals surface area (Å²) in [6.07, 6.45) is 0. The molecule has 0 saturated heterocycles. The van der Waals surface area contributed by atoms with E-state index in [-0.39, 0.29) is 49.1 Å². The average Bonchev–Trinajstić information content (AvgIpc) is 2.31. The minimum Gasteiger partial charge on any atom is -0.397 e. The number of aliphatic hydroxyl groups is 2. The summed E-state index contributed by atoms with van der Waals surface area (Å²) in [4.78, 5) is 11.8. The number of hydrogen-bond acceptors (Lipinski definition) is 7. The smallest absolute Gasteiger partial charge is 0.317 e. The lowest BCUT2D eigenvalue weighted by Gasteiger charge is -2.24. The van der Waals surface area contributed by atoms with Gasteiger partial charge in [0, 0.05) is 13.1 Å². The first kappa shape index (κ1) is 14.0. The fraction of sp³-hybridized carbons (Fsp3) is 0.400. The molecule has 0 unspecified atom stereocenters. The second-order valence-corrected chi connectivity index (χ2v) is 3.63. The zero-order chi connectivity index (χ0) is 13.7. The highest BCUT2D eigenvalue weighted by molar-refractivity contribution is 5.85. The molecule has 6 N–H and O–H groups in total. The summed E-state index contributed by atoms with van der Waals surface area (Å²) in [5.41, 5.74) is 11.3. The summed E-state index contributed by atoms with van der Waals surface area (Å²) in [6.45, 7) is -0.194. The van der Waals surface area contributed by atoms with E-state index in [1.54, 1.807) is 0 Å². The SMILES string of the molecule is Nc1ccc(N)c([N+](=O)[O-])c1N(CCO)CCO. The van der Waals surface area contributed by atoms with E-state index in [9.17, 15) is 10.1 Å². The van der Waals surface area contributed by atoms with E-state index in [1.165, 1.54) is 17.0 Å². The molecule has 0 aliphatic rings. The molecule has 1 aromatic carbocycles. The Morgan fingerprint density at radius 3 is 2.11 bits per heavy atom. The van der Waals surface area contributed by atoms with Gasteiger partial charge in [0.25, 0.3) is 0 Å². The molecule has 0 spiro atoms. The highest BCUT2D eigenvalue weighted by Gasteiger charge is 2.25. The lowest BCUT2D eigenvalue weighted by atomic mass is 10.1. The first-order valence-electron chi connectivity index (χ1n) is 5.32. The standard InChI is InChI=1S/C10H16N4O4/c11-7-1-2-8(12)10(14(17)18)9(7)13(3-5-15)4-6-16/h1-2,15-16H,3-6,11-12H2. The van der Waals surface area contributed by atoms with Crippen LogP contribution in [0.3, 0.4) is 0 Å². The van der Waals surface area contributed by atoms with Crippen molar-refractivity contribution < 1.29 is 15.1 Å². The molecule has 0 aliphatic carbocycles. The zero-order valence-electron chi connectivity index (χ0n) is 9.74. The van der Waals surface area contributed by atoms with Gasteiger partial charge in [0.15, 0.2) is 0 Å². The van der Waals surface area contributed by atoms with Gasteiger partial charge in [-0.25, -0.2) is 0 Å². The molecule has 18 heavy (non-hydrogen) atoms. The Morgan fingerprint density at radius 1 is 1.17 bits per heavy atom. The molecule has 100 valence electrons. The van der Waals surface area contributed by atoms with Crippen LogP contribution in [0.15, 0.2) is 12.1 Å². The topological polar surface area (TPSA) is 139 Å². The Labute approximate surface area is 104 Å². The molecule has 1 aromatic rings. The van der Waals surface area contributed by atoms with Crippen molar-refractivity contribution in [1.29, 1.82) is 0 Å². The Balaban J connectivity index is 3.34. The predicted octanol–water partition coefficient (Wildman–Crippen LogP) is -0.450. The van der Waals surface area contributed by atoms with Gasteiger partial charge in [0.1, 0.15) is 11.4 Å².